The van der Waals surface area contributed by atoms with Crippen LogP contribution in [0, 0.1) is 0 Å². The first-order valence-corrected chi connectivity index (χ1v) is 9.93. The van der Waals surface area contributed by atoms with Gasteiger partial charge in [-0.15, -0.1) is 0 Å². The van der Waals surface area contributed by atoms with E-state index in [4.69, 9.17) is 11.6 Å². The van der Waals surface area contributed by atoms with E-state index in [0.717, 1.165) is 4.90 Å². The monoisotopic (exact) mass is 418 g/mol. The minimum atomic E-state index is -0.501. The van der Waals surface area contributed by atoms with Crippen LogP contribution < -0.4 is 10.2 Å². The standard InChI is InChI=1S/C24H19ClN2O3/c1-14(2)15-7-10-17(11-8-15)26-22(28)16-9-12-18-19(13-16)24(30)27(23(18)29)21-6-4-3-5-20(21)25/h3-14H,1-2H3,(H,26,28). The molecule has 1 aliphatic heterocycles. The van der Waals surface area contributed by atoms with Crippen LogP contribution in [0.4, 0.5) is 11.4 Å². The molecule has 0 fully saturated rings. The Balaban J connectivity index is 1.59. The number of anilines is 2. The molecule has 3 aromatic rings. The molecule has 0 saturated carbocycles. The molecule has 0 bridgehead atoms. The van der Waals surface area contributed by atoms with Gasteiger partial charge in [-0.2, -0.15) is 0 Å². The number of fused-ring (bicyclic) bond motifs is 1. The minimum absolute atomic E-state index is 0.183. The molecule has 6 heteroatoms. The smallest absolute Gasteiger partial charge is 0.266 e. The summed E-state index contributed by atoms with van der Waals surface area (Å²) in [6, 6.07) is 18.8. The molecule has 1 heterocycles. The molecule has 150 valence electrons. The number of halogens is 1. The van der Waals surface area contributed by atoms with Crippen molar-refractivity contribution in [3.05, 3.63) is 94.0 Å². The number of imide groups is 1. The second-order valence-corrected chi connectivity index (χ2v) is 7.80. The summed E-state index contributed by atoms with van der Waals surface area (Å²) in [6.07, 6.45) is 0. The normalized spacial score (nSPS) is 13.0. The Labute approximate surface area is 179 Å². The highest BCUT2D eigenvalue weighted by Gasteiger charge is 2.38. The maximum absolute atomic E-state index is 12.9. The summed E-state index contributed by atoms with van der Waals surface area (Å²) < 4.78 is 0. The number of hydrogen-bond donors (Lipinski definition) is 1. The number of carbonyl (C=O) groups is 3. The van der Waals surface area contributed by atoms with Crippen LogP contribution in [0.1, 0.15) is 56.4 Å². The maximum Gasteiger partial charge on any atom is 0.266 e. The van der Waals surface area contributed by atoms with E-state index in [1.165, 1.54) is 23.8 Å². The van der Waals surface area contributed by atoms with Crippen molar-refractivity contribution in [1.29, 1.82) is 0 Å². The fourth-order valence-electron chi connectivity index (χ4n) is 3.39. The summed E-state index contributed by atoms with van der Waals surface area (Å²) >= 11 is 6.17. The Morgan fingerprint density at radius 2 is 1.57 bits per heavy atom. The van der Waals surface area contributed by atoms with Gasteiger partial charge in [0, 0.05) is 11.3 Å². The van der Waals surface area contributed by atoms with E-state index in [1.807, 2.05) is 24.3 Å². The van der Waals surface area contributed by atoms with Crippen LogP contribution in [-0.2, 0) is 0 Å². The largest absolute Gasteiger partial charge is 0.322 e. The Kier molecular flexibility index (Phi) is 5.14. The Bertz CT molecular complexity index is 1170. The van der Waals surface area contributed by atoms with Crippen molar-refractivity contribution in [2.45, 2.75) is 19.8 Å². The van der Waals surface area contributed by atoms with Crippen molar-refractivity contribution in [3.8, 4) is 0 Å². The fraction of sp³-hybridized carbons (Fsp3) is 0.125. The molecule has 1 N–H and O–H groups in total. The summed E-state index contributed by atoms with van der Waals surface area (Å²) in [4.78, 5) is 39.4. The first-order valence-electron chi connectivity index (χ1n) is 9.55. The van der Waals surface area contributed by atoms with Crippen LogP contribution in [0.3, 0.4) is 0 Å². The number of rotatable bonds is 4. The predicted octanol–water partition coefficient (Wildman–Crippen LogP) is 5.52. The second kappa shape index (κ2) is 7.76. The molecule has 0 unspecified atom stereocenters. The van der Waals surface area contributed by atoms with Crippen molar-refractivity contribution in [3.63, 3.8) is 0 Å². The number of amides is 3. The van der Waals surface area contributed by atoms with E-state index in [-0.39, 0.29) is 17.0 Å². The zero-order chi connectivity index (χ0) is 21.4. The quantitative estimate of drug-likeness (QED) is 0.567. The highest BCUT2D eigenvalue weighted by molar-refractivity contribution is 6.40. The molecule has 0 saturated heterocycles. The van der Waals surface area contributed by atoms with Gasteiger partial charge in [0.2, 0.25) is 0 Å². The third-order valence-corrected chi connectivity index (χ3v) is 5.40. The number of carbonyl (C=O) groups excluding carboxylic acids is 3. The molecule has 3 aromatic carbocycles. The third-order valence-electron chi connectivity index (χ3n) is 5.08. The highest BCUT2D eigenvalue weighted by atomic mass is 35.5. The minimum Gasteiger partial charge on any atom is -0.322 e. The van der Waals surface area contributed by atoms with Crippen molar-refractivity contribution in [1.82, 2.24) is 0 Å². The molecule has 0 radical (unpaired) electrons. The lowest BCUT2D eigenvalue weighted by atomic mass is 10.0. The molecular weight excluding hydrogens is 400 g/mol. The first kappa shape index (κ1) is 19.9. The van der Waals surface area contributed by atoms with E-state index >= 15 is 0 Å². The number of para-hydroxylation sites is 1. The second-order valence-electron chi connectivity index (χ2n) is 7.39. The number of hydrogen-bond acceptors (Lipinski definition) is 3. The SMILES string of the molecule is CC(C)c1ccc(NC(=O)c2ccc3c(c2)C(=O)N(c2ccccc2Cl)C3=O)cc1. The van der Waals surface area contributed by atoms with Crippen LogP contribution in [0.5, 0.6) is 0 Å². The van der Waals surface area contributed by atoms with Gasteiger partial charge in [-0.25, -0.2) is 4.90 Å². The Morgan fingerprint density at radius 3 is 2.23 bits per heavy atom. The van der Waals surface area contributed by atoms with Gasteiger partial charge >= 0.3 is 0 Å². The predicted molar refractivity (Wildman–Crippen MR) is 118 cm³/mol. The van der Waals surface area contributed by atoms with Crippen molar-refractivity contribution >= 4 is 40.7 Å². The molecule has 0 aromatic heterocycles. The zero-order valence-electron chi connectivity index (χ0n) is 16.5. The molecule has 3 amide bonds. The molecular formula is C24H19ClN2O3. The molecule has 0 aliphatic carbocycles. The van der Waals surface area contributed by atoms with Gasteiger partial charge in [-0.1, -0.05) is 49.7 Å². The van der Waals surface area contributed by atoms with Gasteiger partial charge in [-0.05, 0) is 53.9 Å². The van der Waals surface area contributed by atoms with Gasteiger partial charge in [-0.3, -0.25) is 14.4 Å². The van der Waals surface area contributed by atoms with Gasteiger partial charge in [0.25, 0.3) is 17.7 Å². The molecule has 5 nitrogen and oxygen atoms in total. The maximum atomic E-state index is 12.9. The first-order chi connectivity index (χ1) is 14.4. The van der Waals surface area contributed by atoms with Crippen LogP contribution in [-0.4, -0.2) is 17.7 Å². The summed E-state index contributed by atoms with van der Waals surface area (Å²) in [5, 5.41) is 3.12. The molecule has 0 atom stereocenters. The van der Waals surface area contributed by atoms with E-state index in [0.29, 0.717) is 27.9 Å². The molecule has 1 aliphatic rings. The lowest BCUT2D eigenvalue weighted by Gasteiger charge is -2.15. The zero-order valence-corrected chi connectivity index (χ0v) is 17.2. The molecule has 0 spiro atoms. The van der Waals surface area contributed by atoms with Crippen molar-refractivity contribution in [2.75, 3.05) is 10.2 Å². The van der Waals surface area contributed by atoms with Crippen LogP contribution in [0.2, 0.25) is 5.02 Å². The van der Waals surface area contributed by atoms with Crippen molar-refractivity contribution < 1.29 is 14.4 Å². The Morgan fingerprint density at radius 1 is 0.900 bits per heavy atom. The number of nitrogens with one attached hydrogen (secondary N) is 1. The van der Waals surface area contributed by atoms with E-state index in [2.05, 4.69) is 19.2 Å². The average molecular weight is 419 g/mol. The van der Waals surface area contributed by atoms with Crippen LogP contribution in [0.15, 0.2) is 66.7 Å². The molecule has 4 rings (SSSR count). The third kappa shape index (κ3) is 3.48. The fourth-order valence-corrected chi connectivity index (χ4v) is 3.61. The molecule has 30 heavy (non-hydrogen) atoms. The topological polar surface area (TPSA) is 66.5 Å². The average Bonchev–Trinajstić information content (AvgIpc) is 2.98. The summed E-state index contributed by atoms with van der Waals surface area (Å²) in [6.45, 7) is 4.20. The van der Waals surface area contributed by atoms with Crippen molar-refractivity contribution in [2.24, 2.45) is 0 Å². The van der Waals surface area contributed by atoms with Crippen LogP contribution in [0.25, 0.3) is 0 Å². The van der Waals surface area contributed by atoms with Gasteiger partial charge in [0.15, 0.2) is 0 Å². The lowest BCUT2D eigenvalue weighted by molar-refractivity contribution is 0.0925. The van der Waals surface area contributed by atoms with Gasteiger partial charge < -0.3 is 5.32 Å². The van der Waals surface area contributed by atoms with Gasteiger partial charge in [0.05, 0.1) is 21.8 Å². The summed E-state index contributed by atoms with van der Waals surface area (Å²) in [5.41, 5.74) is 2.88. The van der Waals surface area contributed by atoms with E-state index in [1.54, 1.807) is 24.3 Å². The lowest BCUT2D eigenvalue weighted by Crippen LogP contribution is -2.29. The summed E-state index contributed by atoms with van der Waals surface area (Å²) in [7, 11) is 0. The van der Waals surface area contributed by atoms with E-state index in [9.17, 15) is 14.4 Å². The Hall–Kier alpha value is -3.44. The number of benzene rings is 3. The van der Waals surface area contributed by atoms with Crippen LogP contribution >= 0.6 is 11.6 Å². The van der Waals surface area contributed by atoms with E-state index < -0.39 is 11.8 Å². The number of nitrogens with zero attached hydrogens (tertiary/aromatic N) is 1. The summed E-state index contributed by atoms with van der Waals surface area (Å²) in [5.74, 6) is -0.916. The van der Waals surface area contributed by atoms with Gasteiger partial charge in [0.1, 0.15) is 0 Å². The highest BCUT2D eigenvalue weighted by Crippen LogP contribution is 2.33.